The zero-order valence-corrected chi connectivity index (χ0v) is 10.3. The number of nitrogens with zero attached hydrogens (tertiary/aromatic N) is 3. The maximum absolute atomic E-state index is 10.6. The minimum absolute atomic E-state index is 0.0259. The lowest BCUT2D eigenvalue weighted by Crippen LogP contribution is -1.94. The third kappa shape index (κ3) is 2.75. The smallest absolute Gasteiger partial charge is 0.271 e. The van der Waals surface area contributed by atoms with Crippen molar-refractivity contribution in [3.05, 3.63) is 46.3 Å². The Hall–Kier alpha value is -2.15. The van der Waals surface area contributed by atoms with Gasteiger partial charge < -0.3 is 5.73 Å². The number of non-ortho nitro benzene ring substituents is 1. The molecule has 0 aliphatic carbocycles. The van der Waals surface area contributed by atoms with Gasteiger partial charge in [0.25, 0.3) is 5.69 Å². The number of nitrogen functional groups attached to an aromatic ring is 1. The SMILES string of the molecule is Cc1ccnc(Sc2ccc([N+](=O)[O-])cc2N)n1. The average Bonchev–Trinajstić information content (AvgIpc) is 2.31. The fraction of sp³-hybridized carbons (Fsp3) is 0.0909. The highest BCUT2D eigenvalue weighted by molar-refractivity contribution is 7.99. The first kappa shape index (κ1) is 12.3. The molecule has 0 unspecified atom stereocenters. The first-order chi connectivity index (χ1) is 8.56. The van der Waals surface area contributed by atoms with Gasteiger partial charge in [-0.2, -0.15) is 0 Å². The predicted octanol–water partition coefficient (Wildman–Crippen LogP) is 2.43. The molecule has 18 heavy (non-hydrogen) atoms. The van der Waals surface area contributed by atoms with Gasteiger partial charge in [0, 0.05) is 28.9 Å². The van der Waals surface area contributed by atoms with Crippen LogP contribution >= 0.6 is 11.8 Å². The van der Waals surface area contributed by atoms with Crippen molar-refractivity contribution in [3.63, 3.8) is 0 Å². The molecule has 2 N–H and O–H groups in total. The Morgan fingerprint density at radius 3 is 2.78 bits per heavy atom. The Labute approximate surface area is 107 Å². The van der Waals surface area contributed by atoms with Gasteiger partial charge in [0.05, 0.1) is 10.6 Å². The lowest BCUT2D eigenvalue weighted by atomic mass is 10.3. The summed E-state index contributed by atoms with van der Waals surface area (Å²) in [6.45, 7) is 1.87. The van der Waals surface area contributed by atoms with Crippen molar-refractivity contribution in [3.8, 4) is 0 Å². The molecule has 2 aromatic rings. The summed E-state index contributed by atoms with van der Waals surface area (Å²) in [5.74, 6) is 0. The fourth-order valence-electron chi connectivity index (χ4n) is 1.32. The number of nitro groups is 1. The Morgan fingerprint density at radius 1 is 1.39 bits per heavy atom. The quantitative estimate of drug-likeness (QED) is 0.395. The number of rotatable bonds is 3. The van der Waals surface area contributed by atoms with Crippen LogP contribution in [-0.2, 0) is 0 Å². The topological polar surface area (TPSA) is 94.9 Å². The molecule has 0 spiro atoms. The third-order valence-electron chi connectivity index (χ3n) is 2.18. The third-order valence-corrected chi connectivity index (χ3v) is 3.15. The van der Waals surface area contributed by atoms with Gasteiger partial charge in [-0.05, 0) is 30.8 Å². The van der Waals surface area contributed by atoms with Gasteiger partial charge in [-0.1, -0.05) is 0 Å². The monoisotopic (exact) mass is 262 g/mol. The van der Waals surface area contributed by atoms with Crippen LogP contribution in [0.4, 0.5) is 11.4 Å². The van der Waals surface area contributed by atoms with Crippen LogP contribution in [0.1, 0.15) is 5.69 Å². The molecule has 0 amide bonds. The van der Waals surface area contributed by atoms with E-state index in [0.717, 1.165) is 5.69 Å². The van der Waals surface area contributed by atoms with Gasteiger partial charge in [0.1, 0.15) is 0 Å². The molecule has 0 aliphatic rings. The Bertz CT molecular complexity index is 603. The molecule has 0 saturated heterocycles. The first-order valence-corrected chi connectivity index (χ1v) is 5.89. The van der Waals surface area contributed by atoms with E-state index in [-0.39, 0.29) is 5.69 Å². The van der Waals surface area contributed by atoms with Gasteiger partial charge in [-0.15, -0.1) is 0 Å². The van der Waals surface area contributed by atoms with Crippen molar-refractivity contribution in [2.75, 3.05) is 5.73 Å². The van der Waals surface area contributed by atoms with Crippen LogP contribution in [0.15, 0.2) is 40.5 Å². The summed E-state index contributed by atoms with van der Waals surface area (Å²) in [7, 11) is 0. The van der Waals surface area contributed by atoms with E-state index in [1.165, 1.54) is 23.9 Å². The summed E-state index contributed by atoms with van der Waals surface area (Å²) < 4.78 is 0. The summed E-state index contributed by atoms with van der Waals surface area (Å²) >= 11 is 1.28. The van der Waals surface area contributed by atoms with Crippen molar-refractivity contribution in [1.82, 2.24) is 9.97 Å². The zero-order chi connectivity index (χ0) is 13.1. The molecule has 0 radical (unpaired) electrons. The van der Waals surface area contributed by atoms with E-state index in [0.29, 0.717) is 15.7 Å². The number of benzene rings is 1. The molecule has 1 aromatic heterocycles. The van der Waals surface area contributed by atoms with Crippen molar-refractivity contribution in [1.29, 1.82) is 0 Å². The average molecular weight is 262 g/mol. The Kier molecular flexibility index (Phi) is 3.42. The molecular weight excluding hydrogens is 252 g/mol. The Balaban J connectivity index is 2.27. The molecule has 0 bridgehead atoms. The molecule has 7 heteroatoms. The molecule has 2 rings (SSSR count). The highest BCUT2D eigenvalue weighted by Crippen LogP contribution is 2.32. The molecule has 1 heterocycles. The summed E-state index contributed by atoms with van der Waals surface area (Å²) in [4.78, 5) is 19.1. The van der Waals surface area contributed by atoms with E-state index in [1.807, 2.05) is 6.92 Å². The van der Waals surface area contributed by atoms with Crippen LogP contribution in [0.3, 0.4) is 0 Å². The normalized spacial score (nSPS) is 10.3. The maximum Gasteiger partial charge on any atom is 0.271 e. The number of nitro benzene ring substituents is 1. The van der Waals surface area contributed by atoms with E-state index in [4.69, 9.17) is 5.73 Å². The molecule has 0 saturated carbocycles. The van der Waals surface area contributed by atoms with E-state index < -0.39 is 4.92 Å². The second-order valence-electron chi connectivity index (χ2n) is 3.56. The lowest BCUT2D eigenvalue weighted by molar-refractivity contribution is -0.384. The number of hydrogen-bond donors (Lipinski definition) is 1. The van der Waals surface area contributed by atoms with Crippen LogP contribution in [0, 0.1) is 17.0 Å². The van der Waals surface area contributed by atoms with Crippen LogP contribution in [0.2, 0.25) is 0 Å². The standard InChI is InChI=1S/C11H10N4O2S/c1-7-4-5-13-11(14-7)18-10-3-2-8(15(16)17)6-9(10)12/h2-6H,12H2,1H3. The maximum atomic E-state index is 10.6. The van der Waals surface area contributed by atoms with Crippen molar-refractivity contribution < 1.29 is 4.92 Å². The number of aromatic nitrogens is 2. The summed E-state index contributed by atoms with van der Waals surface area (Å²) in [5, 5.41) is 11.2. The van der Waals surface area contributed by atoms with Gasteiger partial charge in [-0.25, -0.2) is 9.97 Å². The molecule has 0 fully saturated rings. The zero-order valence-electron chi connectivity index (χ0n) is 9.53. The van der Waals surface area contributed by atoms with E-state index in [9.17, 15) is 10.1 Å². The number of aryl methyl sites for hydroxylation is 1. The van der Waals surface area contributed by atoms with Crippen LogP contribution in [0.25, 0.3) is 0 Å². The second kappa shape index (κ2) is 5.01. The minimum atomic E-state index is -0.478. The fourth-order valence-corrected chi connectivity index (χ4v) is 2.13. The Morgan fingerprint density at radius 2 is 2.17 bits per heavy atom. The van der Waals surface area contributed by atoms with E-state index >= 15 is 0 Å². The van der Waals surface area contributed by atoms with Crippen LogP contribution in [-0.4, -0.2) is 14.9 Å². The molecule has 0 atom stereocenters. The predicted molar refractivity (Wildman–Crippen MR) is 68.4 cm³/mol. The summed E-state index contributed by atoms with van der Waals surface area (Å²) in [5.41, 5.74) is 6.94. The first-order valence-electron chi connectivity index (χ1n) is 5.07. The number of anilines is 1. The van der Waals surface area contributed by atoms with Crippen molar-refractivity contribution in [2.45, 2.75) is 17.0 Å². The highest BCUT2D eigenvalue weighted by atomic mass is 32.2. The van der Waals surface area contributed by atoms with Gasteiger partial charge in [0.15, 0.2) is 5.16 Å². The van der Waals surface area contributed by atoms with Crippen LogP contribution in [0.5, 0.6) is 0 Å². The molecule has 1 aromatic carbocycles. The highest BCUT2D eigenvalue weighted by Gasteiger charge is 2.10. The van der Waals surface area contributed by atoms with Gasteiger partial charge in [0.2, 0.25) is 0 Å². The second-order valence-corrected chi connectivity index (χ2v) is 4.57. The van der Waals surface area contributed by atoms with E-state index in [1.54, 1.807) is 18.3 Å². The molecule has 6 nitrogen and oxygen atoms in total. The largest absolute Gasteiger partial charge is 0.398 e. The van der Waals surface area contributed by atoms with Crippen molar-refractivity contribution >= 4 is 23.1 Å². The lowest BCUT2D eigenvalue weighted by Gasteiger charge is -2.04. The van der Waals surface area contributed by atoms with Crippen LogP contribution < -0.4 is 5.73 Å². The number of hydrogen-bond acceptors (Lipinski definition) is 6. The van der Waals surface area contributed by atoms with Crippen molar-refractivity contribution in [2.24, 2.45) is 0 Å². The van der Waals surface area contributed by atoms with Gasteiger partial charge >= 0.3 is 0 Å². The van der Waals surface area contributed by atoms with E-state index in [2.05, 4.69) is 9.97 Å². The summed E-state index contributed by atoms with van der Waals surface area (Å²) in [6, 6.07) is 6.14. The van der Waals surface area contributed by atoms with Gasteiger partial charge in [-0.3, -0.25) is 10.1 Å². The minimum Gasteiger partial charge on any atom is -0.398 e. The summed E-state index contributed by atoms with van der Waals surface area (Å²) in [6.07, 6.45) is 1.66. The molecular formula is C11H10N4O2S. The molecule has 92 valence electrons. The molecule has 0 aliphatic heterocycles. The number of nitrogens with two attached hydrogens (primary N) is 1.